The highest BCUT2D eigenvalue weighted by Gasteiger charge is 2.50. The zero-order chi connectivity index (χ0) is 25.2. The number of ketones is 2. The summed E-state index contributed by atoms with van der Waals surface area (Å²) in [6, 6.07) is 17.9. The molecule has 9 heteroatoms. The van der Waals surface area contributed by atoms with Crippen LogP contribution < -0.4 is 16.0 Å². The molecule has 4 aromatic rings. The molecule has 3 N–H and O–H groups in total. The molecule has 0 radical (unpaired) electrons. The van der Waals surface area contributed by atoms with Crippen LogP contribution in [0.1, 0.15) is 15.2 Å². The summed E-state index contributed by atoms with van der Waals surface area (Å²) in [6.45, 7) is 0.556. The van der Waals surface area contributed by atoms with Crippen molar-refractivity contribution in [2.45, 2.75) is 18.6 Å². The molecule has 0 saturated heterocycles. The van der Waals surface area contributed by atoms with Crippen molar-refractivity contribution in [1.82, 2.24) is 9.88 Å². The second-order valence-corrected chi connectivity index (χ2v) is 9.71. The van der Waals surface area contributed by atoms with Gasteiger partial charge >= 0.3 is 0 Å². The van der Waals surface area contributed by atoms with Crippen LogP contribution in [0.25, 0.3) is 10.9 Å². The van der Waals surface area contributed by atoms with Crippen molar-refractivity contribution < 1.29 is 14.4 Å². The molecule has 1 aliphatic rings. The van der Waals surface area contributed by atoms with Gasteiger partial charge in [-0.15, -0.1) is 11.3 Å². The number of hydrogen-bond donors (Lipinski definition) is 3. The summed E-state index contributed by atoms with van der Waals surface area (Å²) in [5.41, 5.74) is 4.01. The number of likely N-dealkylation sites (N-methyl/N-ethyl adjacent to an activating group) is 1. The summed E-state index contributed by atoms with van der Waals surface area (Å²) in [7, 11) is 3.54. The molecule has 1 unspecified atom stereocenters. The van der Waals surface area contributed by atoms with E-state index in [-0.39, 0.29) is 11.7 Å². The van der Waals surface area contributed by atoms with Crippen molar-refractivity contribution in [2.24, 2.45) is 0 Å². The maximum absolute atomic E-state index is 13.1. The molecule has 182 valence electrons. The number of Topliss-reactive ketones (excluding diaryl/α,β-unsaturated/α-hetero) is 2. The number of fused-ring (bicyclic) bond motifs is 1. The van der Waals surface area contributed by atoms with Gasteiger partial charge < -0.3 is 16.0 Å². The van der Waals surface area contributed by atoms with Crippen LogP contribution in [-0.2, 0) is 16.1 Å². The van der Waals surface area contributed by atoms with Gasteiger partial charge in [-0.25, -0.2) is 0 Å². The van der Waals surface area contributed by atoms with Crippen LogP contribution >= 0.6 is 11.3 Å². The zero-order valence-corrected chi connectivity index (χ0v) is 20.6. The number of aromatic nitrogens is 1. The molecule has 2 atom stereocenters. The number of rotatable bonds is 8. The minimum atomic E-state index is -0.601. The van der Waals surface area contributed by atoms with Gasteiger partial charge in [0.1, 0.15) is 17.0 Å². The SMILES string of the molecule is CN(C)[C@@H]1C(=O)C(=O)C1Nc1cccc(NC(=O)c2sccc2NCc2ccnc3ccccc23)c1. The summed E-state index contributed by atoms with van der Waals surface area (Å²) in [4.78, 5) is 43.7. The molecule has 2 aromatic carbocycles. The van der Waals surface area contributed by atoms with Gasteiger partial charge in [-0.1, -0.05) is 24.3 Å². The Morgan fingerprint density at radius 1 is 1.00 bits per heavy atom. The van der Waals surface area contributed by atoms with Gasteiger partial charge in [-0.05, 0) is 61.4 Å². The topological polar surface area (TPSA) is 103 Å². The van der Waals surface area contributed by atoms with E-state index in [0.29, 0.717) is 22.8 Å². The smallest absolute Gasteiger partial charge is 0.267 e. The van der Waals surface area contributed by atoms with Gasteiger partial charge in [0.2, 0.25) is 11.6 Å². The van der Waals surface area contributed by atoms with E-state index < -0.39 is 17.9 Å². The van der Waals surface area contributed by atoms with Crippen molar-refractivity contribution in [2.75, 3.05) is 30.0 Å². The molecule has 2 heterocycles. The molecule has 1 aliphatic carbocycles. The van der Waals surface area contributed by atoms with Crippen LogP contribution in [0, 0.1) is 0 Å². The summed E-state index contributed by atoms with van der Waals surface area (Å²) in [5.74, 6) is -1.05. The summed E-state index contributed by atoms with van der Waals surface area (Å²) in [5, 5.41) is 12.4. The van der Waals surface area contributed by atoms with Gasteiger partial charge in [-0.2, -0.15) is 0 Å². The Morgan fingerprint density at radius 2 is 1.81 bits per heavy atom. The van der Waals surface area contributed by atoms with E-state index in [4.69, 9.17) is 0 Å². The van der Waals surface area contributed by atoms with Gasteiger partial charge in [-0.3, -0.25) is 24.3 Å². The molecular formula is C27H25N5O3S. The second-order valence-electron chi connectivity index (χ2n) is 8.80. The summed E-state index contributed by atoms with van der Waals surface area (Å²) >= 11 is 1.36. The fourth-order valence-electron chi connectivity index (χ4n) is 4.35. The van der Waals surface area contributed by atoms with E-state index in [1.807, 2.05) is 41.8 Å². The van der Waals surface area contributed by atoms with E-state index in [2.05, 4.69) is 20.9 Å². The number of carbonyl (C=O) groups excluding carboxylic acids is 3. The van der Waals surface area contributed by atoms with Gasteiger partial charge in [0.25, 0.3) is 5.91 Å². The zero-order valence-electron chi connectivity index (χ0n) is 19.8. The number of carbonyl (C=O) groups is 3. The number of amides is 1. The highest BCUT2D eigenvalue weighted by atomic mass is 32.1. The number of hydrogen-bond acceptors (Lipinski definition) is 8. The predicted molar refractivity (Wildman–Crippen MR) is 143 cm³/mol. The highest BCUT2D eigenvalue weighted by molar-refractivity contribution is 7.12. The molecule has 0 bridgehead atoms. The van der Waals surface area contributed by atoms with E-state index in [0.717, 1.165) is 22.2 Å². The minimum absolute atomic E-state index is 0.231. The second kappa shape index (κ2) is 9.88. The molecule has 0 spiro atoms. The fraction of sp³-hybridized carbons (Fsp3) is 0.185. The first kappa shape index (κ1) is 23.7. The van der Waals surface area contributed by atoms with Gasteiger partial charge in [0.05, 0.1) is 11.2 Å². The molecule has 1 saturated carbocycles. The number of para-hydroxylation sites is 1. The Kier molecular flexibility index (Phi) is 6.49. The van der Waals surface area contributed by atoms with E-state index in [9.17, 15) is 14.4 Å². The minimum Gasteiger partial charge on any atom is -0.380 e. The average molecular weight is 500 g/mol. The van der Waals surface area contributed by atoms with Crippen molar-refractivity contribution in [3.8, 4) is 0 Å². The number of thiophene rings is 1. The molecule has 5 rings (SSSR count). The van der Waals surface area contributed by atoms with E-state index in [1.165, 1.54) is 11.3 Å². The quantitative estimate of drug-likeness (QED) is 0.315. The lowest BCUT2D eigenvalue weighted by molar-refractivity contribution is -0.148. The monoisotopic (exact) mass is 499 g/mol. The number of anilines is 3. The van der Waals surface area contributed by atoms with Crippen molar-refractivity contribution >= 4 is 56.8 Å². The number of nitrogens with zero attached hydrogens (tertiary/aromatic N) is 2. The molecule has 1 amide bonds. The van der Waals surface area contributed by atoms with Crippen LogP contribution in [0.3, 0.4) is 0 Å². The highest BCUT2D eigenvalue weighted by Crippen LogP contribution is 2.27. The van der Waals surface area contributed by atoms with Crippen molar-refractivity contribution in [1.29, 1.82) is 0 Å². The lowest BCUT2D eigenvalue weighted by atomic mass is 9.82. The third-order valence-electron chi connectivity index (χ3n) is 6.19. The third-order valence-corrected chi connectivity index (χ3v) is 7.10. The Morgan fingerprint density at radius 3 is 2.64 bits per heavy atom. The fourth-order valence-corrected chi connectivity index (χ4v) is 5.12. The molecular weight excluding hydrogens is 474 g/mol. The lowest BCUT2D eigenvalue weighted by Crippen LogP contribution is -2.66. The van der Waals surface area contributed by atoms with Crippen LogP contribution in [-0.4, -0.2) is 53.5 Å². The van der Waals surface area contributed by atoms with Crippen LogP contribution in [0.5, 0.6) is 0 Å². The van der Waals surface area contributed by atoms with Crippen molar-refractivity contribution in [3.05, 3.63) is 82.7 Å². The first-order valence-electron chi connectivity index (χ1n) is 11.5. The lowest BCUT2D eigenvalue weighted by Gasteiger charge is -2.38. The van der Waals surface area contributed by atoms with E-state index >= 15 is 0 Å². The van der Waals surface area contributed by atoms with Gasteiger partial charge in [0, 0.05) is 29.5 Å². The van der Waals surface area contributed by atoms with Gasteiger partial charge in [0.15, 0.2) is 0 Å². The average Bonchev–Trinajstić information content (AvgIpc) is 3.36. The van der Waals surface area contributed by atoms with Crippen LogP contribution in [0.15, 0.2) is 72.2 Å². The summed E-state index contributed by atoms with van der Waals surface area (Å²) < 4.78 is 0. The normalized spacial score (nSPS) is 17.2. The number of pyridine rings is 1. The van der Waals surface area contributed by atoms with Crippen LogP contribution in [0.4, 0.5) is 17.1 Å². The van der Waals surface area contributed by atoms with Crippen LogP contribution in [0.2, 0.25) is 0 Å². The third kappa shape index (κ3) is 4.58. The maximum Gasteiger partial charge on any atom is 0.267 e. The van der Waals surface area contributed by atoms with Crippen molar-refractivity contribution in [3.63, 3.8) is 0 Å². The largest absolute Gasteiger partial charge is 0.380 e. The Labute approximate surface area is 212 Å². The number of nitrogens with one attached hydrogen (secondary N) is 3. The predicted octanol–water partition coefficient (Wildman–Crippen LogP) is 4.02. The molecule has 1 fully saturated rings. The molecule has 0 aliphatic heterocycles. The first-order chi connectivity index (χ1) is 17.4. The Balaban J connectivity index is 1.26. The molecule has 8 nitrogen and oxygen atoms in total. The maximum atomic E-state index is 13.1. The van der Waals surface area contributed by atoms with E-state index in [1.54, 1.807) is 49.5 Å². The molecule has 36 heavy (non-hydrogen) atoms. The Bertz CT molecular complexity index is 1460. The number of benzene rings is 2. The Hall–Kier alpha value is -4.08. The first-order valence-corrected chi connectivity index (χ1v) is 12.4. The standard InChI is InChI=1S/C27H25N5O3S/c1-32(2)23-22(24(33)25(23)34)30-17-6-5-7-18(14-17)31-27(35)26-21(11-13-36-26)29-15-16-10-12-28-20-9-4-3-8-19(16)20/h3-14,22-23,29-30H,15H2,1-2H3,(H,31,35)/t22?,23-/m0/s1. The summed E-state index contributed by atoms with van der Waals surface area (Å²) in [6.07, 6.45) is 1.79. The molecule has 2 aromatic heterocycles.